The molecule has 2 N–H and O–H groups in total. The van der Waals surface area contributed by atoms with Gasteiger partial charge in [0.1, 0.15) is 5.82 Å². The van der Waals surface area contributed by atoms with Crippen molar-refractivity contribution in [2.45, 2.75) is 82.2 Å². The Morgan fingerprint density at radius 3 is 2.37 bits per heavy atom. The van der Waals surface area contributed by atoms with Crippen LogP contribution in [-0.4, -0.2) is 40.6 Å². The van der Waals surface area contributed by atoms with Crippen LogP contribution in [0.3, 0.4) is 0 Å². The highest BCUT2D eigenvalue weighted by atomic mass is 32.2. The molecule has 2 amide bonds. The van der Waals surface area contributed by atoms with Crippen molar-refractivity contribution in [3.8, 4) is 5.69 Å². The van der Waals surface area contributed by atoms with Crippen LogP contribution in [0.15, 0.2) is 76.3 Å². The number of piperidine rings is 1. The number of carbonyl (C=O) groups is 1. The van der Waals surface area contributed by atoms with E-state index in [1.165, 1.54) is 11.3 Å². The predicted octanol–water partition coefficient (Wildman–Crippen LogP) is 7.36. The van der Waals surface area contributed by atoms with Crippen LogP contribution in [0.4, 0.5) is 16.3 Å². The van der Waals surface area contributed by atoms with Gasteiger partial charge < -0.3 is 5.32 Å². The van der Waals surface area contributed by atoms with Crippen LogP contribution in [0, 0.1) is 12.8 Å². The molecule has 2 aliphatic heterocycles. The Labute approximate surface area is 258 Å². The lowest BCUT2D eigenvalue weighted by atomic mass is 9.87. The van der Waals surface area contributed by atoms with Gasteiger partial charge in [-0.05, 0) is 86.2 Å². The van der Waals surface area contributed by atoms with Crippen LogP contribution in [0.1, 0.15) is 63.3 Å². The van der Waals surface area contributed by atoms with Crippen LogP contribution < -0.4 is 10.6 Å². The zero-order valence-electron chi connectivity index (χ0n) is 25.1. The maximum Gasteiger partial charge on any atom is 0.324 e. The van der Waals surface area contributed by atoms with E-state index in [0.29, 0.717) is 22.3 Å². The van der Waals surface area contributed by atoms with E-state index in [1.54, 1.807) is 20.4 Å². The van der Waals surface area contributed by atoms with E-state index in [0.717, 1.165) is 54.6 Å². The Hall–Kier alpha value is -3.47. The van der Waals surface area contributed by atoms with Crippen molar-refractivity contribution in [1.82, 2.24) is 14.1 Å². The Morgan fingerprint density at radius 1 is 1.00 bits per heavy atom. The molecule has 43 heavy (non-hydrogen) atoms. The highest BCUT2D eigenvalue weighted by Gasteiger charge is 2.47. The number of hydrogen-bond donors (Lipinski definition) is 2. The van der Waals surface area contributed by atoms with Crippen molar-refractivity contribution in [2.24, 2.45) is 5.92 Å². The lowest BCUT2D eigenvalue weighted by Gasteiger charge is -2.37. The van der Waals surface area contributed by atoms with Gasteiger partial charge in [-0.3, -0.25) is 5.32 Å². The molecular weight excluding hydrogens is 579 g/mol. The standard InChI is InChI=1S/C33H39N5O3S2/c1-22-8-10-26(11-9-22)37-31(20-30(36-37)33(2,3)4)35-32(39)34-25-7-5-6-23(17-25)16-24-18-27-12-13-28(19-24)38(27)43(40,41)29-14-15-42-21-29/h5-11,14-15,17,20-21,24,27-28H,12-13,16,18-19H2,1-4H3,(H2,34,35,39). The molecule has 226 valence electrons. The number of nitrogens with one attached hydrogen (secondary N) is 2. The minimum atomic E-state index is -3.44. The Balaban J connectivity index is 1.12. The number of carbonyl (C=O) groups excluding carboxylic acids is 1. The maximum atomic E-state index is 13.3. The van der Waals surface area contributed by atoms with E-state index in [4.69, 9.17) is 5.10 Å². The fourth-order valence-corrected chi connectivity index (χ4v) is 9.34. The van der Waals surface area contributed by atoms with Gasteiger partial charge in [-0.2, -0.15) is 20.7 Å². The third-order valence-electron chi connectivity index (χ3n) is 8.54. The van der Waals surface area contributed by atoms with Crippen LogP contribution in [0.2, 0.25) is 0 Å². The topological polar surface area (TPSA) is 96.3 Å². The first-order chi connectivity index (χ1) is 20.5. The maximum absolute atomic E-state index is 13.3. The van der Waals surface area contributed by atoms with Gasteiger partial charge in [0.15, 0.2) is 0 Å². The van der Waals surface area contributed by atoms with Crippen LogP contribution in [-0.2, 0) is 21.9 Å². The van der Waals surface area contributed by atoms with Crippen molar-refractivity contribution in [3.05, 3.63) is 88.2 Å². The van der Waals surface area contributed by atoms with Gasteiger partial charge in [-0.15, -0.1) is 0 Å². The summed E-state index contributed by atoms with van der Waals surface area (Å²) in [6.45, 7) is 8.34. The average molecular weight is 618 g/mol. The number of aromatic nitrogens is 2. The molecule has 10 heteroatoms. The molecular formula is C33H39N5O3S2. The van der Waals surface area contributed by atoms with Gasteiger partial charge in [0.05, 0.1) is 16.3 Å². The number of sulfonamides is 1. The SMILES string of the molecule is Cc1ccc(-n2nc(C(C)(C)C)cc2NC(=O)Nc2cccc(CC3CC4CCC(C3)N4S(=O)(=O)c3ccsc3)c2)cc1. The first-order valence-corrected chi connectivity index (χ1v) is 17.3. The Bertz CT molecular complexity index is 1690. The van der Waals surface area contributed by atoms with Gasteiger partial charge in [-0.1, -0.05) is 50.6 Å². The first kappa shape index (κ1) is 29.6. The third-order valence-corrected chi connectivity index (χ3v) is 11.4. The number of rotatable bonds is 7. The van der Waals surface area contributed by atoms with E-state index < -0.39 is 10.0 Å². The minimum Gasteiger partial charge on any atom is -0.308 e. The monoisotopic (exact) mass is 617 g/mol. The highest BCUT2D eigenvalue weighted by Crippen LogP contribution is 2.43. The van der Waals surface area contributed by atoms with E-state index in [1.807, 2.05) is 60.8 Å². The second kappa shape index (κ2) is 11.6. The molecule has 0 saturated carbocycles. The zero-order chi connectivity index (χ0) is 30.4. The van der Waals surface area contributed by atoms with Gasteiger partial charge in [0.2, 0.25) is 10.0 Å². The van der Waals surface area contributed by atoms with Crippen LogP contribution in [0.5, 0.6) is 0 Å². The summed E-state index contributed by atoms with van der Waals surface area (Å²) in [5.74, 6) is 0.997. The number of benzene rings is 2. The second-order valence-corrected chi connectivity index (χ2v) is 15.5. The number of aryl methyl sites for hydroxylation is 1. The molecule has 0 aliphatic carbocycles. The first-order valence-electron chi connectivity index (χ1n) is 14.9. The fraction of sp³-hybridized carbons (Fsp3) is 0.394. The van der Waals surface area contributed by atoms with Crippen molar-refractivity contribution in [2.75, 3.05) is 10.6 Å². The summed E-state index contributed by atoms with van der Waals surface area (Å²) in [6, 6.07) is 19.4. The van der Waals surface area contributed by atoms with Crippen molar-refractivity contribution in [1.29, 1.82) is 0 Å². The molecule has 2 atom stereocenters. The molecule has 2 saturated heterocycles. The molecule has 8 nitrogen and oxygen atoms in total. The minimum absolute atomic E-state index is 0.0529. The van der Waals surface area contributed by atoms with Gasteiger partial charge in [0, 0.05) is 34.6 Å². The number of thiophene rings is 1. The lowest BCUT2D eigenvalue weighted by Crippen LogP contribution is -2.46. The molecule has 0 spiro atoms. The zero-order valence-corrected chi connectivity index (χ0v) is 26.7. The highest BCUT2D eigenvalue weighted by molar-refractivity contribution is 7.89. The van der Waals surface area contributed by atoms with Gasteiger partial charge >= 0.3 is 6.03 Å². The number of nitrogens with zero attached hydrogens (tertiary/aromatic N) is 3. The van der Waals surface area contributed by atoms with E-state index in [9.17, 15) is 13.2 Å². The third kappa shape index (κ3) is 6.27. The summed E-state index contributed by atoms with van der Waals surface area (Å²) < 4.78 is 30.2. The summed E-state index contributed by atoms with van der Waals surface area (Å²) in [5, 5.41) is 14.4. The normalized spacial score (nSPS) is 20.7. The van der Waals surface area contributed by atoms with Crippen molar-refractivity contribution >= 4 is 38.9 Å². The number of fused-ring (bicyclic) bond motifs is 2. The predicted molar refractivity (Wildman–Crippen MR) is 173 cm³/mol. The van der Waals surface area contributed by atoms with Crippen LogP contribution in [0.25, 0.3) is 5.69 Å². The Kier molecular flexibility index (Phi) is 7.95. The van der Waals surface area contributed by atoms with E-state index >= 15 is 0 Å². The van der Waals surface area contributed by atoms with Gasteiger partial charge in [0.25, 0.3) is 0 Å². The molecule has 2 fully saturated rings. The molecule has 2 unspecified atom stereocenters. The van der Waals surface area contributed by atoms with E-state index in [-0.39, 0.29) is 23.5 Å². The summed E-state index contributed by atoms with van der Waals surface area (Å²) in [7, 11) is -3.44. The van der Waals surface area contributed by atoms with Gasteiger partial charge in [-0.25, -0.2) is 17.9 Å². The second-order valence-electron chi connectivity index (χ2n) is 12.9. The fourth-order valence-electron chi connectivity index (χ4n) is 6.43. The number of urea groups is 1. The number of hydrogen-bond acceptors (Lipinski definition) is 5. The molecule has 6 rings (SSSR count). The Morgan fingerprint density at radius 2 is 1.72 bits per heavy atom. The molecule has 4 heterocycles. The number of amides is 2. The van der Waals surface area contributed by atoms with E-state index in [2.05, 4.69) is 37.5 Å². The summed E-state index contributed by atoms with van der Waals surface area (Å²) >= 11 is 1.42. The quantitative estimate of drug-likeness (QED) is 0.227. The molecule has 2 aliphatic rings. The average Bonchev–Trinajstić information content (AvgIpc) is 3.69. The number of anilines is 2. The lowest BCUT2D eigenvalue weighted by molar-refractivity contribution is 0.190. The van der Waals surface area contributed by atoms with Crippen LogP contribution >= 0.6 is 11.3 Å². The molecule has 4 aromatic rings. The molecule has 2 aromatic carbocycles. The molecule has 2 bridgehead atoms. The molecule has 2 aromatic heterocycles. The molecule has 0 radical (unpaired) electrons. The smallest absolute Gasteiger partial charge is 0.308 e. The summed E-state index contributed by atoms with van der Waals surface area (Å²) in [6.07, 6.45) is 4.41. The largest absolute Gasteiger partial charge is 0.324 e. The van der Waals surface area contributed by atoms with Crippen molar-refractivity contribution in [3.63, 3.8) is 0 Å². The van der Waals surface area contributed by atoms with Crippen molar-refractivity contribution < 1.29 is 13.2 Å². The summed E-state index contributed by atoms with van der Waals surface area (Å²) in [5.41, 5.74) is 4.58. The summed E-state index contributed by atoms with van der Waals surface area (Å²) in [4.78, 5) is 13.6.